The van der Waals surface area contributed by atoms with E-state index in [1.165, 1.54) is 5.01 Å². The number of hydrogen-bond acceptors (Lipinski definition) is 5. The fraction of sp³-hybridized carbons (Fsp3) is 0.308. The Morgan fingerprint density at radius 3 is 2.60 bits per heavy atom. The molecule has 7 nitrogen and oxygen atoms in total. The van der Waals surface area contributed by atoms with Crippen molar-refractivity contribution in [2.24, 2.45) is 0 Å². The lowest BCUT2D eigenvalue weighted by atomic mass is 10.1. The van der Waals surface area contributed by atoms with Crippen LogP contribution in [0.3, 0.4) is 0 Å². The largest absolute Gasteiger partial charge is 0.763 e. The lowest BCUT2D eigenvalue weighted by Gasteiger charge is -2.07. The Hall–Kier alpha value is -2.66. The van der Waals surface area contributed by atoms with Crippen LogP contribution in [0.2, 0.25) is 0 Å². The highest BCUT2D eigenvalue weighted by Gasteiger charge is 2.32. The number of nitro groups is 1. The molecule has 1 aliphatic heterocycles. The zero-order chi connectivity index (χ0) is 15.0. The fourth-order valence-corrected chi connectivity index (χ4v) is 2.23. The molecule has 0 aliphatic carbocycles. The summed E-state index contributed by atoms with van der Waals surface area (Å²) in [6.07, 6.45) is 0. The summed E-state index contributed by atoms with van der Waals surface area (Å²) < 4.78 is 0. The number of aromatic nitrogens is 1. The predicted molar refractivity (Wildman–Crippen MR) is 74.4 cm³/mol. The first-order valence-corrected chi connectivity index (χ1v) is 5.98. The molecule has 1 aromatic heterocycles. The van der Waals surface area contributed by atoms with Gasteiger partial charge in [-0.05, 0) is 37.3 Å². The lowest BCUT2D eigenvalue weighted by Crippen LogP contribution is -2.33. The van der Waals surface area contributed by atoms with Crippen LogP contribution in [0.5, 0.6) is 0 Å². The summed E-state index contributed by atoms with van der Waals surface area (Å²) in [5.74, 6) is 2.08. The monoisotopic (exact) mass is 272 g/mol. The number of hydrazine groups is 1. The van der Waals surface area contributed by atoms with Gasteiger partial charge in [-0.15, -0.1) is 0 Å². The van der Waals surface area contributed by atoms with E-state index in [9.17, 15) is 10.1 Å². The number of rotatable bonds is 1. The number of pyridine rings is 1. The van der Waals surface area contributed by atoms with Crippen LogP contribution in [-0.4, -0.2) is 27.8 Å². The van der Waals surface area contributed by atoms with E-state index >= 15 is 0 Å². The third-order valence-electron chi connectivity index (χ3n) is 3.24. The summed E-state index contributed by atoms with van der Waals surface area (Å²) in [6.45, 7) is 5.25. The Morgan fingerprint density at radius 2 is 2.10 bits per heavy atom. The maximum Gasteiger partial charge on any atom is 0.346 e. The summed E-state index contributed by atoms with van der Waals surface area (Å²) in [5, 5.41) is 22.5. The molecule has 2 heterocycles. The lowest BCUT2D eigenvalue weighted by molar-refractivity contribution is -0.446. The summed E-state index contributed by atoms with van der Waals surface area (Å²) in [4.78, 5) is 15.0. The first-order valence-electron chi connectivity index (χ1n) is 5.98. The molecule has 0 radical (unpaired) electrons. The quantitative estimate of drug-likeness (QED) is 0.429. The molecule has 0 saturated carbocycles. The summed E-state index contributed by atoms with van der Waals surface area (Å²) >= 11 is 0. The molecule has 0 aromatic carbocycles. The van der Waals surface area contributed by atoms with Crippen molar-refractivity contribution in [3.05, 3.63) is 54.8 Å². The molecular formula is C13H14N5O2-. The molecule has 104 valence electrons. The molecule has 0 atom stereocenters. The van der Waals surface area contributed by atoms with Crippen molar-refractivity contribution < 1.29 is 4.92 Å². The highest BCUT2D eigenvalue weighted by Crippen LogP contribution is 2.22. The molecule has 0 unspecified atom stereocenters. The topological polar surface area (TPSA) is 93.6 Å². The van der Waals surface area contributed by atoms with E-state index in [-0.39, 0.29) is 5.82 Å². The van der Waals surface area contributed by atoms with E-state index in [1.807, 2.05) is 6.92 Å². The fourth-order valence-electron chi connectivity index (χ4n) is 2.23. The number of nitrogens with zero attached hydrogens (tertiary/aromatic N) is 4. The van der Waals surface area contributed by atoms with Crippen molar-refractivity contribution in [2.75, 3.05) is 7.05 Å². The van der Waals surface area contributed by atoms with E-state index in [2.05, 4.69) is 16.3 Å². The van der Waals surface area contributed by atoms with E-state index < -0.39 is 4.92 Å². The first-order chi connectivity index (χ1) is 9.36. The molecule has 0 spiro atoms. The van der Waals surface area contributed by atoms with Gasteiger partial charge in [-0.25, -0.2) is 10.4 Å². The van der Waals surface area contributed by atoms with Crippen LogP contribution in [0.25, 0.3) is 11.1 Å². The number of hydrogen-bond donors (Lipinski definition) is 1. The van der Waals surface area contributed by atoms with Crippen LogP contribution in [0.15, 0.2) is 17.5 Å². The zero-order valence-corrected chi connectivity index (χ0v) is 11.7. The van der Waals surface area contributed by atoms with Gasteiger partial charge in [-0.1, -0.05) is 0 Å². The summed E-state index contributed by atoms with van der Waals surface area (Å²) in [7, 11) is 1.58. The maximum absolute atomic E-state index is 11.0. The Labute approximate surface area is 115 Å². The molecule has 1 aromatic rings. The number of aryl methyl sites for hydroxylation is 2. The van der Waals surface area contributed by atoms with Gasteiger partial charge in [-0.3, -0.25) is 5.87 Å². The molecule has 1 N–H and O–H groups in total. The third-order valence-corrected chi connectivity index (χ3v) is 3.24. The minimum Gasteiger partial charge on any atom is -0.763 e. The summed E-state index contributed by atoms with van der Waals surface area (Å²) in [6, 6.07) is 1.74. The molecule has 20 heavy (non-hydrogen) atoms. The van der Waals surface area contributed by atoms with Crippen LogP contribution in [0, 0.1) is 24.0 Å². The average molecular weight is 272 g/mol. The van der Waals surface area contributed by atoms with E-state index in [0.29, 0.717) is 27.5 Å². The van der Waals surface area contributed by atoms with E-state index in [4.69, 9.17) is 5.41 Å². The van der Waals surface area contributed by atoms with Gasteiger partial charge >= 0.3 is 5.82 Å². The molecule has 0 bridgehead atoms. The molecule has 0 saturated heterocycles. The van der Waals surface area contributed by atoms with Crippen molar-refractivity contribution in [1.29, 1.82) is 0 Å². The van der Waals surface area contributed by atoms with Crippen molar-refractivity contribution in [3.8, 4) is 0 Å². The van der Waals surface area contributed by atoms with E-state index in [1.54, 1.807) is 27.0 Å². The Bertz CT molecular complexity index is 775. The van der Waals surface area contributed by atoms with E-state index in [0.717, 1.165) is 5.56 Å². The second kappa shape index (κ2) is 4.79. The Balaban J connectivity index is 2.83. The van der Waals surface area contributed by atoms with Crippen LogP contribution in [-0.2, 0) is 0 Å². The molecule has 0 amide bonds. The van der Waals surface area contributed by atoms with Crippen molar-refractivity contribution >= 4 is 11.6 Å². The minimum absolute atomic E-state index is 0.00297. The van der Waals surface area contributed by atoms with Gasteiger partial charge in [0.25, 0.3) is 0 Å². The normalized spacial score (nSPS) is 17.1. The van der Waals surface area contributed by atoms with Gasteiger partial charge in [0, 0.05) is 5.22 Å². The smallest absolute Gasteiger partial charge is 0.346 e. The summed E-state index contributed by atoms with van der Waals surface area (Å²) in [5.41, 5.74) is 5.47. The minimum atomic E-state index is -0.429. The van der Waals surface area contributed by atoms with Gasteiger partial charge in [0.05, 0.1) is 16.6 Å². The molecule has 1 aliphatic rings. The predicted octanol–water partition coefficient (Wildman–Crippen LogP) is -0.324. The van der Waals surface area contributed by atoms with Crippen molar-refractivity contribution in [3.63, 3.8) is 0 Å². The van der Waals surface area contributed by atoms with Gasteiger partial charge in [-0.2, -0.15) is 5.01 Å². The van der Waals surface area contributed by atoms with Crippen LogP contribution < -0.4 is 16.0 Å². The second-order valence-electron chi connectivity index (χ2n) is 4.65. The molecule has 7 heteroatoms. The first kappa shape index (κ1) is 13.8. The van der Waals surface area contributed by atoms with Gasteiger partial charge < -0.3 is 15.5 Å². The Morgan fingerprint density at radius 1 is 1.45 bits per heavy atom. The van der Waals surface area contributed by atoms with Crippen molar-refractivity contribution in [1.82, 2.24) is 15.4 Å². The zero-order valence-electron chi connectivity index (χ0n) is 11.7. The standard InChI is InChI=1S/C13H14N5O2/c1-7-5-10(6-14)9(3)15-11(7)12-8(2)13(18(19)20)17(4)16-12/h5,16H,1-4H3/q-1. The van der Waals surface area contributed by atoms with Crippen LogP contribution in [0.4, 0.5) is 0 Å². The van der Waals surface area contributed by atoms with Crippen LogP contribution >= 0.6 is 0 Å². The second-order valence-corrected chi connectivity index (χ2v) is 4.65. The third kappa shape index (κ3) is 2.04. The van der Waals surface area contributed by atoms with Crippen molar-refractivity contribution in [2.45, 2.75) is 20.8 Å². The maximum atomic E-state index is 11.0. The molecule has 2 rings (SSSR count). The highest BCUT2D eigenvalue weighted by molar-refractivity contribution is 5.65. The van der Waals surface area contributed by atoms with Crippen LogP contribution in [0.1, 0.15) is 18.2 Å². The van der Waals surface area contributed by atoms with Gasteiger partial charge in [0.1, 0.15) is 12.7 Å². The highest BCUT2D eigenvalue weighted by atomic mass is 16.6. The molecule has 0 fully saturated rings. The molecular weight excluding hydrogens is 258 g/mol. The average Bonchev–Trinajstić information content (AvgIpc) is 2.67. The Kier molecular flexibility index (Phi) is 3.29. The number of nitrogens with one attached hydrogen (secondary N) is 1. The van der Waals surface area contributed by atoms with Gasteiger partial charge in [0.15, 0.2) is 0 Å². The van der Waals surface area contributed by atoms with Gasteiger partial charge in [0.2, 0.25) is 0 Å². The SMILES string of the molecule is CC1=C([N+](=O)[O-])N(C)NC1=c1nc(C)c(=C=[N-])cc1C.